The SMILES string of the molecule is Cc1ccc(S(=O)(=O)NC2CCCC2C(=O)O)cc1C. The molecular formula is C14H19NO4S. The zero-order chi connectivity index (χ0) is 14.9. The highest BCUT2D eigenvalue weighted by Gasteiger charge is 2.35. The third-order valence-electron chi connectivity index (χ3n) is 3.93. The third-order valence-corrected chi connectivity index (χ3v) is 5.42. The first-order valence-corrected chi connectivity index (χ1v) is 8.12. The van der Waals surface area contributed by atoms with Crippen LogP contribution in [0.25, 0.3) is 0 Å². The Morgan fingerprint density at radius 2 is 1.95 bits per heavy atom. The number of carboxylic acid groups (broad SMARTS) is 1. The molecular weight excluding hydrogens is 278 g/mol. The van der Waals surface area contributed by atoms with Gasteiger partial charge in [-0.3, -0.25) is 4.79 Å². The molecule has 0 amide bonds. The smallest absolute Gasteiger partial charge is 0.308 e. The molecule has 1 fully saturated rings. The maximum absolute atomic E-state index is 12.3. The molecule has 0 bridgehead atoms. The summed E-state index contributed by atoms with van der Waals surface area (Å²) in [4.78, 5) is 11.3. The Bertz CT molecular complexity index is 624. The fraction of sp³-hybridized carbons (Fsp3) is 0.500. The topological polar surface area (TPSA) is 83.5 Å². The van der Waals surface area contributed by atoms with Crippen LogP contribution in [0.15, 0.2) is 23.1 Å². The Kier molecular flexibility index (Phi) is 4.15. The summed E-state index contributed by atoms with van der Waals surface area (Å²) < 4.78 is 27.2. The van der Waals surface area contributed by atoms with Gasteiger partial charge in [0, 0.05) is 6.04 Å². The number of carboxylic acids is 1. The van der Waals surface area contributed by atoms with E-state index in [4.69, 9.17) is 5.11 Å². The summed E-state index contributed by atoms with van der Waals surface area (Å²) in [6.45, 7) is 3.76. The van der Waals surface area contributed by atoms with Crippen molar-refractivity contribution >= 4 is 16.0 Å². The minimum Gasteiger partial charge on any atom is -0.481 e. The lowest BCUT2D eigenvalue weighted by molar-refractivity contribution is -0.141. The normalized spacial score (nSPS) is 22.9. The van der Waals surface area contributed by atoms with Gasteiger partial charge in [-0.15, -0.1) is 0 Å². The summed E-state index contributed by atoms with van der Waals surface area (Å²) in [6.07, 6.45) is 1.83. The first kappa shape index (κ1) is 15.0. The zero-order valence-corrected chi connectivity index (χ0v) is 12.4. The largest absolute Gasteiger partial charge is 0.481 e. The maximum Gasteiger partial charge on any atom is 0.308 e. The zero-order valence-electron chi connectivity index (χ0n) is 11.6. The van der Waals surface area contributed by atoms with Crippen molar-refractivity contribution in [1.82, 2.24) is 4.72 Å². The van der Waals surface area contributed by atoms with Crippen LogP contribution in [0.1, 0.15) is 30.4 Å². The number of hydrogen-bond acceptors (Lipinski definition) is 3. The van der Waals surface area contributed by atoms with E-state index in [0.29, 0.717) is 12.8 Å². The van der Waals surface area contributed by atoms with Crippen LogP contribution in [0.3, 0.4) is 0 Å². The van der Waals surface area contributed by atoms with Crippen molar-refractivity contribution in [3.05, 3.63) is 29.3 Å². The van der Waals surface area contributed by atoms with Crippen LogP contribution in [0.2, 0.25) is 0 Å². The molecule has 0 aliphatic heterocycles. The summed E-state index contributed by atoms with van der Waals surface area (Å²) >= 11 is 0. The predicted octanol–water partition coefficient (Wildman–Crippen LogP) is 1.84. The van der Waals surface area contributed by atoms with Gasteiger partial charge in [0.2, 0.25) is 10.0 Å². The standard InChI is InChI=1S/C14H19NO4S/c1-9-6-7-11(8-10(9)2)20(18,19)15-13-5-3-4-12(13)14(16)17/h6-8,12-13,15H,3-5H2,1-2H3,(H,16,17). The molecule has 1 aliphatic carbocycles. The molecule has 2 rings (SSSR count). The quantitative estimate of drug-likeness (QED) is 0.888. The molecule has 2 unspecified atom stereocenters. The molecule has 1 aromatic carbocycles. The Hall–Kier alpha value is -1.40. The van der Waals surface area contributed by atoms with Crippen molar-refractivity contribution in [3.8, 4) is 0 Å². The number of rotatable bonds is 4. The van der Waals surface area contributed by atoms with Gasteiger partial charge in [0.15, 0.2) is 0 Å². The van der Waals surface area contributed by atoms with Crippen molar-refractivity contribution in [3.63, 3.8) is 0 Å². The lowest BCUT2D eigenvalue weighted by Gasteiger charge is -2.18. The Labute approximate surface area is 119 Å². The molecule has 2 N–H and O–H groups in total. The van der Waals surface area contributed by atoms with Gasteiger partial charge in [-0.25, -0.2) is 13.1 Å². The van der Waals surface area contributed by atoms with Crippen LogP contribution >= 0.6 is 0 Å². The molecule has 1 aliphatic rings. The Balaban J connectivity index is 2.22. The average molecular weight is 297 g/mol. The monoisotopic (exact) mass is 297 g/mol. The highest BCUT2D eigenvalue weighted by Crippen LogP contribution is 2.27. The van der Waals surface area contributed by atoms with E-state index in [-0.39, 0.29) is 4.90 Å². The molecule has 0 saturated heterocycles. The van der Waals surface area contributed by atoms with E-state index >= 15 is 0 Å². The summed E-state index contributed by atoms with van der Waals surface area (Å²) in [5, 5.41) is 9.10. The molecule has 1 aromatic rings. The number of nitrogens with one attached hydrogen (secondary N) is 1. The molecule has 5 nitrogen and oxygen atoms in total. The lowest BCUT2D eigenvalue weighted by atomic mass is 10.1. The molecule has 20 heavy (non-hydrogen) atoms. The van der Waals surface area contributed by atoms with Crippen molar-refractivity contribution < 1.29 is 18.3 Å². The van der Waals surface area contributed by atoms with Gasteiger partial charge in [0.1, 0.15) is 0 Å². The van der Waals surface area contributed by atoms with Crippen LogP contribution in [-0.4, -0.2) is 25.5 Å². The lowest BCUT2D eigenvalue weighted by Crippen LogP contribution is -2.40. The minimum atomic E-state index is -3.66. The second-order valence-electron chi connectivity index (χ2n) is 5.35. The van der Waals surface area contributed by atoms with E-state index in [1.807, 2.05) is 13.8 Å². The number of aliphatic carboxylic acids is 1. The van der Waals surface area contributed by atoms with Crippen molar-refractivity contribution in [2.75, 3.05) is 0 Å². The molecule has 0 radical (unpaired) electrons. The molecule has 0 aromatic heterocycles. The van der Waals surface area contributed by atoms with Crippen molar-refractivity contribution in [2.24, 2.45) is 5.92 Å². The minimum absolute atomic E-state index is 0.191. The predicted molar refractivity (Wildman–Crippen MR) is 75.0 cm³/mol. The van der Waals surface area contributed by atoms with E-state index in [2.05, 4.69) is 4.72 Å². The van der Waals surface area contributed by atoms with Crippen LogP contribution in [0.5, 0.6) is 0 Å². The second-order valence-corrected chi connectivity index (χ2v) is 7.06. The summed E-state index contributed by atoms with van der Waals surface area (Å²) in [5.74, 6) is -1.56. The van der Waals surface area contributed by atoms with Crippen LogP contribution in [0.4, 0.5) is 0 Å². The summed E-state index contributed by atoms with van der Waals surface area (Å²) in [7, 11) is -3.66. The highest BCUT2D eigenvalue weighted by molar-refractivity contribution is 7.89. The van der Waals surface area contributed by atoms with E-state index in [9.17, 15) is 13.2 Å². The molecule has 2 atom stereocenters. The molecule has 6 heteroatoms. The van der Waals surface area contributed by atoms with Crippen LogP contribution in [-0.2, 0) is 14.8 Å². The third kappa shape index (κ3) is 3.02. The van der Waals surface area contributed by atoms with Gasteiger partial charge < -0.3 is 5.11 Å². The number of sulfonamides is 1. The van der Waals surface area contributed by atoms with E-state index in [0.717, 1.165) is 17.5 Å². The van der Waals surface area contributed by atoms with Gasteiger partial charge >= 0.3 is 5.97 Å². The van der Waals surface area contributed by atoms with Crippen LogP contribution < -0.4 is 4.72 Å². The highest BCUT2D eigenvalue weighted by atomic mass is 32.2. The fourth-order valence-electron chi connectivity index (χ4n) is 2.55. The molecule has 110 valence electrons. The Morgan fingerprint density at radius 1 is 1.25 bits per heavy atom. The van der Waals surface area contributed by atoms with Crippen molar-refractivity contribution in [1.29, 1.82) is 0 Å². The Morgan fingerprint density at radius 3 is 2.55 bits per heavy atom. The van der Waals surface area contributed by atoms with E-state index < -0.39 is 28.0 Å². The van der Waals surface area contributed by atoms with Crippen LogP contribution in [0, 0.1) is 19.8 Å². The molecule has 1 saturated carbocycles. The van der Waals surface area contributed by atoms with E-state index in [1.54, 1.807) is 18.2 Å². The fourth-order valence-corrected chi connectivity index (χ4v) is 3.94. The first-order chi connectivity index (χ1) is 9.31. The number of aryl methyl sites for hydroxylation is 2. The van der Waals surface area contributed by atoms with Gasteiger partial charge in [0.05, 0.1) is 10.8 Å². The summed E-state index contributed by atoms with van der Waals surface area (Å²) in [5.41, 5.74) is 1.92. The van der Waals surface area contributed by atoms with Crippen molar-refractivity contribution in [2.45, 2.75) is 44.0 Å². The molecule has 0 spiro atoms. The molecule has 0 heterocycles. The number of hydrogen-bond donors (Lipinski definition) is 2. The van der Waals surface area contributed by atoms with E-state index in [1.165, 1.54) is 0 Å². The summed E-state index contributed by atoms with van der Waals surface area (Å²) in [6, 6.07) is 4.41. The van der Waals surface area contributed by atoms with Gasteiger partial charge in [-0.1, -0.05) is 12.5 Å². The second kappa shape index (κ2) is 5.54. The van der Waals surface area contributed by atoms with Gasteiger partial charge in [-0.2, -0.15) is 0 Å². The average Bonchev–Trinajstić information content (AvgIpc) is 2.80. The first-order valence-electron chi connectivity index (χ1n) is 6.63. The van der Waals surface area contributed by atoms with Gasteiger partial charge in [-0.05, 0) is 49.9 Å². The maximum atomic E-state index is 12.3. The van der Waals surface area contributed by atoms with Gasteiger partial charge in [0.25, 0.3) is 0 Å². The number of benzene rings is 1. The number of carbonyl (C=O) groups is 1.